The van der Waals surface area contributed by atoms with Crippen LogP contribution in [-0.4, -0.2) is 18.4 Å². The smallest absolute Gasteiger partial charge is 0.416 e. The molecule has 0 unspecified atom stereocenters. The van der Waals surface area contributed by atoms with Gasteiger partial charge in [0.1, 0.15) is 6.61 Å². The second-order valence-corrected chi connectivity index (χ2v) is 5.68. The van der Waals surface area contributed by atoms with E-state index in [2.05, 4.69) is 5.32 Å². The van der Waals surface area contributed by atoms with Gasteiger partial charge >= 0.3 is 12.1 Å². The van der Waals surface area contributed by atoms with E-state index in [0.717, 1.165) is 17.7 Å². The van der Waals surface area contributed by atoms with Crippen LogP contribution in [0.1, 0.15) is 33.5 Å². The highest BCUT2D eigenvalue weighted by Gasteiger charge is 2.30. The molecule has 0 saturated carbocycles. The van der Waals surface area contributed by atoms with E-state index in [1.165, 1.54) is 12.1 Å². The third kappa shape index (κ3) is 5.61. The van der Waals surface area contributed by atoms with Crippen LogP contribution < -0.4 is 5.32 Å². The second kappa shape index (κ2) is 8.51. The number of esters is 1. The van der Waals surface area contributed by atoms with Gasteiger partial charge in [-0.05, 0) is 36.2 Å². The molecule has 26 heavy (non-hydrogen) atoms. The lowest BCUT2D eigenvalue weighted by atomic mass is 10.1. The minimum absolute atomic E-state index is 0.0728. The number of amides is 1. The molecule has 7 heteroatoms. The maximum absolute atomic E-state index is 12.6. The number of ether oxygens (including phenoxy) is 1. The largest absolute Gasteiger partial charge is 0.461 e. The first-order valence-electron chi connectivity index (χ1n) is 7.93. The van der Waals surface area contributed by atoms with Gasteiger partial charge in [-0.15, -0.1) is 0 Å². The molecule has 2 aromatic carbocycles. The molecule has 0 spiro atoms. The molecule has 0 radical (unpaired) electrons. The first-order chi connectivity index (χ1) is 12.3. The van der Waals surface area contributed by atoms with E-state index in [4.69, 9.17) is 4.74 Å². The van der Waals surface area contributed by atoms with Gasteiger partial charge in [0.05, 0.1) is 12.0 Å². The number of benzene rings is 2. The van der Waals surface area contributed by atoms with Crippen LogP contribution in [-0.2, 0) is 22.3 Å². The minimum atomic E-state index is -4.44. The summed E-state index contributed by atoms with van der Waals surface area (Å²) in [5.41, 5.74) is 0.788. The molecular weight excluding hydrogens is 347 g/mol. The van der Waals surface area contributed by atoms with Gasteiger partial charge in [-0.3, -0.25) is 9.59 Å². The van der Waals surface area contributed by atoms with Crippen molar-refractivity contribution >= 4 is 11.9 Å². The molecular formula is C19H18F3NO3. The molecule has 1 amide bonds. The summed E-state index contributed by atoms with van der Waals surface area (Å²) in [4.78, 5) is 23.7. The fourth-order valence-electron chi connectivity index (χ4n) is 2.27. The Hall–Kier alpha value is -2.83. The molecule has 0 aliphatic rings. The Kier molecular flexibility index (Phi) is 6.38. The van der Waals surface area contributed by atoms with Crippen LogP contribution >= 0.6 is 0 Å². The molecule has 0 bridgehead atoms. The minimum Gasteiger partial charge on any atom is -0.461 e. The third-order valence-electron chi connectivity index (χ3n) is 3.66. The Balaban J connectivity index is 1.78. The van der Waals surface area contributed by atoms with Crippen LogP contribution in [0.25, 0.3) is 0 Å². The van der Waals surface area contributed by atoms with E-state index in [0.29, 0.717) is 5.56 Å². The van der Waals surface area contributed by atoms with Crippen molar-refractivity contribution in [3.63, 3.8) is 0 Å². The summed E-state index contributed by atoms with van der Waals surface area (Å²) in [6, 6.07) is 11.6. The van der Waals surface area contributed by atoms with Gasteiger partial charge in [0.15, 0.2) is 0 Å². The highest BCUT2D eigenvalue weighted by molar-refractivity contribution is 5.95. The topological polar surface area (TPSA) is 55.4 Å². The lowest BCUT2D eigenvalue weighted by molar-refractivity contribution is -0.144. The molecule has 0 aliphatic carbocycles. The summed E-state index contributed by atoms with van der Waals surface area (Å²) in [6.45, 7) is 1.63. The van der Waals surface area contributed by atoms with Crippen molar-refractivity contribution in [2.75, 3.05) is 6.54 Å². The summed E-state index contributed by atoms with van der Waals surface area (Å²) in [5, 5.41) is 2.61. The predicted molar refractivity (Wildman–Crippen MR) is 89.4 cm³/mol. The van der Waals surface area contributed by atoms with Gasteiger partial charge in [0.25, 0.3) is 5.91 Å². The zero-order valence-electron chi connectivity index (χ0n) is 14.1. The first-order valence-corrected chi connectivity index (χ1v) is 7.93. The molecule has 4 nitrogen and oxygen atoms in total. The zero-order chi connectivity index (χ0) is 19.2. The molecule has 2 rings (SSSR count). The lowest BCUT2D eigenvalue weighted by Crippen LogP contribution is -2.27. The van der Waals surface area contributed by atoms with E-state index in [1.54, 1.807) is 25.1 Å². The molecule has 138 valence electrons. The number of alkyl halides is 3. The highest BCUT2D eigenvalue weighted by Crippen LogP contribution is 2.29. The van der Waals surface area contributed by atoms with Gasteiger partial charge < -0.3 is 10.1 Å². The van der Waals surface area contributed by atoms with Crippen LogP contribution in [0.2, 0.25) is 0 Å². The van der Waals surface area contributed by atoms with E-state index in [-0.39, 0.29) is 31.0 Å². The summed E-state index contributed by atoms with van der Waals surface area (Å²) in [7, 11) is 0. The predicted octanol–water partition coefficient (Wildman–Crippen LogP) is 3.88. The molecule has 0 saturated heterocycles. The van der Waals surface area contributed by atoms with E-state index in [1.807, 2.05) is 6.07 Å². The maximum Gasteiger partial charge on any atom is 0.416 e. The second-order valence-electron chi connectivity index (χ2n) is 5.68. The normalized spacial score (nSPS) is 11.1. The zero-order valence-corrected chi connectivity index (χ0v) is 14.1. The number of carbonyl (C=O) groups excluding carboxylic acids is 2. The number of carbonyl (C=O) groups is 2. The fourth-order valence-corrected chi connectivity index (χ4v) is 2.27. The number of halogens is 3. The summed E-state index contributed by atoms with van der Waals surface area (Å²) < 4.78 is 42.8. The number of nitrogens with one attached hydrogen (secondary N) is 1. The molecule has 0 fully saturated rings. The number of hydrogen-bond acceptors (Lipinski definition) is 3. The number of rotatable bonds is 6. The average molecular weight is 365 g/mol. The van der Waals surface area contributed by atoms with Crippen LogP contribution in [0.4, 0.5) is 13.2 Å². The third-order valence-corrected chi connectivity index (χ3v) is 3.66. The van der Waals surface area contributed by atoms with Gasteiger partial charge in [-0.25, -0.2) is 0 Å². The van der Waals surface area contributed by atoms with Crippen LogP contribution in [0.3, 0.4) is 0 Å². The van der Waals surface area contributed by atoms with Crippen molar-refractivity contribution in [3.05, 3.63) is 70.8 Å². The fraction of sp³-hybridized carbons (Fsp3) is 0.263. The Morgan fingerprint density at radius 1 is 1.08 bits per heavy atom. The Labute approximate surface area is 149 Å². The molecule has 0 heterocycles. The van der Waals surface area contributed by atoms with Crippen molar-refractivity contribution in [2.45, 2.75) is 26.1 Å². The molecule has 1 N–H and O–H groups in total. The van der Waals surface area contributed by atoms with E-state index < -0.39 is 17.7 Å². The lowest BCUT2D eigenvalue weighted by Gasteiger charge is -2.10. The maximum atomic E-state index is 12.6. The van der Waals surface area contributed by atoms with Gasteiger partial charge in [0.2, 0.25) is 0 Å². The molecule has 0 aromatic heterocycles. The van der Waals surface area contributed by atoms with Crippen LogP contribution in [0, 0.1) is 6.92 Å². The summed E-state index contributed by atoms with van der Waals surface area (Å²) in [5.74, 6) is -0.902. The standard InChI is InChI=1S/C19H18F3NO3/c1-13-5-2-3-8-16(13)18(25)23-10-9-17(24)26-12-14-6-4-7-15(11-14)19(20,21)22/h2-8,11H,9-10,12H2,1H3,(H,23,25). The summed E-state index contributed by atoms with van der Waals surface area (Å²) in [6.07, 6.45) is -4.52. The van der Waals surface area contributed by atoms with E-state index >= 15 is 0 Å². The van der Waals surface area contributed by atoms with Gasteiger partial charge in [-0.2, -0.15) is 13.2 Å². The monoisotopic (exact) mass is 365 g/mol. The first kappa shape index (κ1) is 19.5. The van der Waals surface area contributed by atoms with Crippen LogP contribution in [0.5, 0.6) is 0 Å². The number of aryl methyl sites for hydroxylation is 1. The van der Waals surface area contributed by atoms with Gasteiger partial charge in [0, 0.05) is 12.1 Å². The van der Waals surface area contributed by atoms with E-state index in [9.17, 15) is 22.8 Å². The number of hydrogen-bond donors (Lipinski definition) is 1. The Morgan fingerprint density at radius 3 is 2.50 bits per heavy atom. The van der Waals surface area contributed by atoms with Crippen molar-refractivity contribution in [1.82, 2.24) is 5.32 Å². The van der Waals surface area contributed by atoms with Crippen molar-refractivity contribution in [1.29, 1.82) is 0 Å². The van der Waals surface area contributed by atoms with Crippen molar-refractivity contribution in [3.8, 4) is 0 Å². The van der Waals surface area contributed by atoms with Crippen LogP contribution in [0.15, 0.2) is 48.5 Å². The molecule has 0 aliphatic heterocycles. The summed E-state index contributed by atoms with van der Waals surface area (Å²) >= 11 is 0. The molecule has 0 atom stereocenters. The SMILES string of the molecule is Cc1ccccc1C(=O)NCCC(=O)OCc1cccc(C(F)(F)F)c1. The van der Waals surface area contributed by atoms with Gasteiger partial charge in [-0.1, -0.05) is 30.3 Å². The van der Waals surface area contributed by atoms with Crippen molar-refractivity contribution < 1.29 is 27.5 Å². The quantitative estimate of drug-likeness (QED) is 0.791. The average Bonchev–Trinajstić information content (AvgIpc) is 2.60. The molecule has 2 aromatic rings. The Morgan fingerprint density at radius 2 is 1.81 bits per heavy atom. The van der Waals surface area contributed by atoms with Crippen molar-refractivity contribution in [2.24, 2.45) is 0 Å². The highest BCUT2D eigenvalue weighted by atomic mass is 19.4. The Bertz CT molecular complexity index is 788.